The Labute approximate surface area is 226 Å². The smallest absolute Gasteiger partial charge is 0.219 e. The maximum absolute atomic E-state index is 12.0. The Balaban J connectivity index is 1.33. The Morgan fingerprint density at radius 2 is 2.03 bits per heavy atom. The number of hydrogen-bond acceptors (Lipinski definition) is 7. The number of aliphatic hydroxyl groups excluding tert-OH is 2. The van der Waals surface area contributed by atoms with Crippen LogP contribution in [-0.4, -0.2) is 70.9 Å². The number of rotatable bonds is 7. The highest BCUT2D eigenvalue weighted by Crippen LogP contribution is 2.58. The van der Waals surface area contributed by atoms with Crippen LogP contribution in [0, 0.1) is 17.3 Å². The van der Waals surface area contributed by atoms with E-state index in [2.05, 4.69) is 35.8 Å². The Kier molecular flexibility index (Phi) is 7.67. The summed E-state index contributed by atoms with van der Waals surface area (Å²) in [7, 11) is 1.97. The molecule has 206 valence electrons. The minimum absolute atomic E-state index is 0.138. The molecule has 38 heavy (non-hydrogen) atoms. The third-order valence-corrected chi connectivity index (χ3v) is 9.24. The Morgan fingerprint density at radius 3 is 2.79 bits per heavy atom. The number of carbonyl (C=O) groups excluding carboxylic acids is 1. The first-order chi connectivity index (χ1) is 18.2. The van der Waals surface area contributed by atoms with Gasteiger partial charge in [0.05, 0.1) is 11.5 Å². The molecule has 1 saturated carbocycles. The van der Waals surface area contributed by atoms with Gasteiger partial charge in [-0.25, -0.2) is 4.99 Å². The van der Waals surface area contributed by atoms with E-state index in [1.807, 2.05) is 35.9 Å². The third-order valence-electron chi connectivity index (χ3n) is 9.24. The second kappa shape index (κ2) is 10.8. The topological polar surface area (TPSA) is 100 Å². The van der Waals surface area contributed by atoms with Gasteiger partial charge in [0, 0.05) is 51.5 Å². The van der Waals surface area contributed by atoms with E-state index in [9.17, 15) is 15.0 Å². The van der Waals surface area contributed by atoms with Crippen molar-refractivity contribution in [3.05, 3.63) is 58.4 Å². The summed E-state index contributed by atoms with van der Waals surface area (Å²) in [5.41, 5.74) is 5.34. The molecule has 1 amide bonds. The molecule has 2 fully saturated rings. The van der Waals surface area contributed by atoms with Gasteiger partial charge in [0.1, 0.15) is 6.17 Å². The van der Waals surface area contributed by atoms with Gasteiger partial charge in [-0.2, -0.15) is 0 Å². The maximum atomic E-state index is 12.0. The number of likely N-dealkylation sites (tertiary alicyclic amines) is 1. The van der Waals surface area contributed by atoms with Crippen LogP contribution in [0.15, 0.2) is 52.3 Å². The minimum atomic E-state index is -0.755. The normalized spacial score (nSPS) is 30.9. The number of amides is 1. The van der Waals surface area contributed by atoms with Crippen molar-refractivity contribution in [1.82, 2.24) is 20.4 Å². The Morgan fingerprint density at radius 1 is 1.26 bits per heavy atom. The zero-order valence-electron chi connectivity index (χ0n) is 23.2. The summed E-state index contributed by atoms with van der Waals surface area (Å²) in [6.07, 6.45) is 6.07. The highest BCUT2D eigenvalue weighted by molar-refractivity contribution is 5.83. The van der Waals surface area contributed by atoms with Gasteiger partial charge < -0.3 is 25.3 Å². The lowest BCUT2D eigenvalue weighted by atomic mass is 9.51. The van der Waals surface area contributed by atoms with Gasteiger partial charge in [-0.15, -0.1) is 0 Å². The van der Waals surface area contributed by atoms with E-state index in [4.69, 9.17) is 4.99 Å². The fourth-order valence-corrected chi connectivity index (χ4v) is 7.13. The summed E-state index contributed by atoms with van der Waals surface area (Å²) in [6.45, 7) is 8.50. The van der Waals surface area contributed by atoms with Crippen molar-refractivity contribution >= 4 is 11.7 Å². The van der Waals surface area contributed by atoms with Crippen LogP contribution in [0.4, 0.5) is 0 Å². The second-order valence-corrected chi connectivity index (χ2v) is 11.9. The molecule has 0 aromatic heterocycles. The van der Waals surface area contributed by atoms with Crippen molar-refractivity contribution in [2.75, 3.05) is 26.7 Å². The number of carbonyl (C=O) groups is 1. The van der Waals surface area contributed by atoms with Gasteiger partial charge in [-0.05, 0) is 73.5 Å². The van der Waals surface area contributed by atoms with Crippen molar-refractivity contribution in [1.29, 1.82) is 0 Å². The van der Waals surface area contributed by atoms with Crippen molar-refractivity contribution in [3.63, 3.8) is 0 Å². The summed E-state index contributed by atoms with van der Waals surface area (Å²) < 4.78 is 0. The third kappa shape index (κ3) is 5.26. The van der Waals surface area contributed by atoms with Crippen molar-refractivity contribution in [3.8, 4) is 0 Å². The average Bonchev–Trinajstić information content (AvgIpc) is 3.06. The molecule has 5 atom stereocenters. The first-order valence-corrected chi connectivity index (χ1v) is 14.0. The largest absolute Gasteiger partial charge is 0.396 e. The van der Waals surface area contributed by atoms with Crippen molar-refractivity contribution < 1.29 is 15.0 Å². The fraction of sp³-hybridized carbons (Fsp3) is 0.600. The van der Waals surface area contributed by atoms with Crippen molar-refractivity contribution in [2.24, 2.45) is 22.2 Å². The highest BCUT2D eigenvalue weighted by Gasteiger charge is 2.51. The maximum Gasteiger partial charge on any atom is 0.219 e. The SMILES string of the molecule is CC(=O)N1CCC2CC(C)(CC3=CC4=C(NC(C)=NC4NCc4cccc(CCO)c4)C(O)N3C)[C@@H]2CC1. The summed E-state index contributed by atoms with van der Waals surface area (Å²) in [5, 5.41) is 27.5. The molecule has 3 aliphatic heterocycles. The molecule has 1 aliphatic carbocycles. The summed E-state index contributed by atoms with van der Waals surface area (Å²) >= 11 is 0. The van der Waals surface area contributed by atoms with E-state index in [0.717, 1.165) is 72.7 Å². The number of fused-ring (bicyclic) bond motifs is 1. The van der Waals surface area contributed by atoms with Gasteiger partial charge in [-0.3, -0.25) is 10.1 Å². The lowest BCUT2D eigenvalue weighted by Crippen LogP contribution is -2.51. The molecule has 4 aliphatic rings. The van der Waals surface area contributed by atoms with Gasteiger partial charge in [0.15, 0.2) is 6.23 Å². The van der Waals surface area contributed by atoms with E-state index >= 15 is 0 Å². The zero-order valence-corrected chi connectivity index (χ0v) is 23.2. The van der Waals surface area contributed by atoms with Crippen molar-refractivity contribution in [2.45, 2.75) is 71.8 Å². The molecule has 5 rings (SSSR count). The zero-order chi connectivity index (χ0) is 27.0. The number of nitrogens with zero attached hydrogens (tertiary/aromatic N) is 3. The number of nitrogens with one attached hydrogen (secondary N) is 2. The molecule has 3 heterocycles. The standard InChI is InChI=1S/C30H43N5O3/c1-19-32-27-25(28(33-19)31-18-22-7-5-6-21(14-22)10-13-36)15-24(34(4)29(27)38)17-30(3)16-23-8-11-35(20(2)37)12-9-26(23)30/h5-7,14-15,23,26,28-29,31,36,38H,8-13,16-18H2,1-4H3,(H,32,33)/t23?,26-,28?,29?,30?/m1/s1. The van der Waals surface area contributed by atoms with E-state index in [-0.39, 0.29) is 24.1 Å². The van der Waals surface area contributed by atoms with E-state index in [1.54, 1.807) is 6.92 Å². The van der Waals surface area contributed by atoms with E-state index < -0.39 is 6.23 Å². The first-order valence-electron chi connectivity index (χ1n) is 14.0. The molecule has 0 bridgehead atoms. The summed E-state index contributed by atoms with van der Waals surface area (Å²) in [4.78, 5) is 20.8. The summed E-state index contributed by atoms with van der Waals surface area (Å²) in [5.74, 6) is 2.24. The number of benzene rings is 1. The van der Waals surface area contributed by atoms with Crippen LogP contribution in [0.3, 0.4) is 0 Å². The Bertz CT molecular complexity index is 1160. The number of aliphatic imine (C=N–C) groups is 1. The molecule has 4 unspecified atom stereocenters. The average molecular weight is 522 g/mol. The van der Waals surface area contributed by atoms with Gasteiger partial charge in [-0.1, -0.05) is 31.2 Å². The summed E-state index contributed by atoms with van der Waals surface area (Å²) in [6, 6.07) is 8.26. The molecular weight excluding hydrogens is 478 g/mol. The molecule has 1 saturated heterocycles. The second-order valence-electron chi connectivity index (χ2n) is 11.9. The number of allylic oxidation sites excluding steroid dienone is 1. The molecule has 8 nitrogen and oxygen atoms in total. The monoisotopic (exact) mass is 521 g/mol. The Hall–Kier alpha value is -2.68. The van der Waals surface area contributed by atoms with Crippen LogP contribution in [-0.2, 0) is 17.8 Å². The lowest BCUT2D eigenvalue weighted by Gasteiger charge is -2.55. The fourth-order valence-electron chi connectivity index (χ4n) is 7.13. The predicted octanol–water partition coefficient (Wildman–Crippen LogP) is 2.74. The number of hydrogen-bond donors (Lipinski definition) is 4. The van der Waals surface area contributed by atoms with Gasteiger partial charge in [0.2, 0.25) is 5.91 Å². The van der Waals surface area contributed by atoms with Gasteiger partial charge in [0.25, 0.3) is 0 Å². The quantitative estimate of drug-likeness (QED) is 0.440. The molecule has 0 spiro atoms. The van der Waals surface area contributed by atoms with Crippen LogP contribution in [0.5, 0.6) is 0 Å². The molecule has 4 N–H and O–H groups in total. The van der Waals surface area contributed by atoms with E-state index in [0.29, 0.717) is 24.8 Å². The molecular formula is C30H43N5O3. The lowest BCUT2D eigenvalue weighted by molar-refractivity contribution is -0.128. The minimum Gasteiger partial charge on any atom is -0.396 e. The molecule has 0 radical (unpaired) electrons. The highest BCUT2D eigenvalue weighted by atomic mass is 16.3. The first kappa shape index (κ1) is 26.9. The van der Waals surface area contributed by atoms with Crippen LogP contribution >= 0.6 is 0 Å². The van der Waals surface area contributed by atoms with E-state index in [1.165, 1.54) is 0 Å². The van der Waals surface area contributed by atoms with Gasteiger partial charge >= 0.3 is 0 Å². The predicted molar refractivity (Wildman–Crippen MR) is 149 cm³/mol. The van der Waals surface area contributed by atoms with Crippen LogP contribution < -0.4 is 10.6 Å². The molecule has 1 aromatic rings. The number of likely N-dealkylation sites (N-methyl/N-ethyl adjacent to an activating group) is 1. The number of amidine groups is 1. The van der Waals surface area contributed by atoms with Crippen LogP contribution in [0.2, 0.25) is 0 Å². The van der Waals surface area contributed by atoms with Crippen LogP contribution in [0.25, 0.3) is 0 Å². The molecule has 8 heteroatoms. The number of aliphatic hydroxyl groups is 2. The van der Waals surface area contributed by atoms with Crippen LogP contribution in [0.1, 0.15) is 57.6 Å². The molecule has 1 aromatic carbocycles.